The predicted octanol–water partition coefficient (Wildman–Crippen LogP) is 0.994. The van der Waals surface area contributed by atoms with Gasteiger partial charge >= 0.3 is 0 Å². The van der Waals surface area contributed by atoms with E-state index in [1.807, 2.05) is 0 Å². The molecule has 2 aliphatic rings. The van der Waals surface area contributed by atoms with Gasteiger partial charge in [-0.05, 0) is 45.7 Å². The summed E-state index contributed by atoms with van der Waals surface area (Å²) in [6, 6.07) is 0.500. The molecule has 0 bridgehead atoms. The molecule has 2 aliphatic heterocycles. The molecule has 0 aromatic heterocycles. The first kappa shape index (κ1) is 19.5. The number of rotatable bonds is 8. The van der Waals surface area contributed by atoms with Gasteiger partial charge in [-0.25, -0.2) is 0 Å². The van der Waals surface area contributed by atoms with Crippen LogP contribution in [0.5, 0.6) is 0 Å². The summed E-state index contributed by atoms with van der Waals surface area (Å²) in [6.45, 7) is 16.9. The van der Waals surface area contributed by atoms with Gasteiger partial charge in [-0.2, -0.15) is 0 Å². The van der Waals surface area contributed by atoms with E-state index in [9.17, 15) is 0 Å². The first-order chi connectivity index (χ1) is 11.7. The van der Waals surface area contributed by atoms with E-state index in [-0.39, 0.29) is 0 Å². The average molecular weight is 340 g/mol. The van der Waals surface area contributed by atoms with Crippen molar-refractivity contribution in [3.8, 4) is 0 Å². The zero-order valence-corrected chi connectivity index (χ0v) is 15.9. The lowest BCUT2D eigenvalue weighted by molar-refractivity contribution is 0.0211. The minimum Gasteiger partial charge on any atom is -0.379 e. The van der Waals surface area contributed by atoms with E-state index in [2.05, 4.69) is 41.2 Å². The molecule has 2 atom stereocenters. The Morgan fingerprint density at radius 3 is 2.46 bits per heavy atom. The van der Waals surface area contributed by atoms with Crippen LogP contribution in [-0.4, -0.2) is 87.4 Å². The Kier molecular flexibility index (Phi) is 8.84. The Labute approximate surface area is 148 Å². The molecule has 2 saturated heterocycles. The summed E-state index contributed by atoms with van der Waals surface area (Å²) < 4.78 is 5.43. The monoisotopic (exact) mass is 339 g/mol. The maximum atomic E-state index is 5.43. The van der Waals surface area contributed by atoms with Gasteiger partial charge < -0.3 is 20.3 Å². The van der Waals surface area contributed by atoms with E-state index < -0.39 is 0 Å². The highest BCUT2D eigenvalue weighted by Crippen LogP contribution is 2.10. The van der Waals surface area contributed by atoms with E-state index in [1.165, 1.54) is 32.5 Å². The fraction of sp³-hybridized carbons (Fsp3) is 0.944. The Balaban J connectivity index is 1.72. The minimum atomic E-state index is 0.500. The minimum absolute atomic E-state index is 0.500. The third-order valence-corrected chi connectivity index (χ3v) is 4.91. The first-order valence-electron chi connectivity index (χ1n) is 9.75. The second kappa shape index (κ2) is 10.9. The molecule has 6 heteroatoms. The van der Waals surface area contributed by atoms with Crippen LogP contribution >= 0.6 is 0 Å². The van der Waals surface area contributed by atoms with E-state index in [0.29, 0.717) is 12.0 Å². The summed E-state index contributed by atoms with van der Waals surface area (Å²) in [7, 11) is 0. The summed E-state index contributed by atoms with van der Waals surface area (Å²) >= 11 is 0. The normalized spacial score (nSPS) is 23.2. The van der Waals surface area contributed by atoms with E-state index in [4.69, 9.17) is 9.73 Å². The van der Waals surface area contributed by atoms with Gasteiger partial charge in [0.05, 0.1) is 13.2 Å². The lowest BCUT2D eigenvalue weighted by atomic mass is 10.2. The van der Waals surface area contributed by atoms with Crippen molar-refractivity contribution in [1.82, 2.24) is 20.4 Å². The van der Waals surface area contributed by atoms with Gasteiger partial charge in [0, 0.05) is 45.3 Å². The number of hydrogen-bond acceptors (Lipinski definition) is 4. The molecular weight excluding hydrogens is 302 g/mol. The third kappa shape index (κ3) is 6.95. The quantitative estimate of drug-likeness (QED) is 0.510. The van der Waals surface area contributed by atoms with Crippen molar-refractivity contribution in [2.75, 3.05) is 65.6 Å². The van der Waals surface area contributed by atoms with E-state index >= 15 is 0 Å². The molecule has 2 N–H and O–H groups in total. The second-order valence-corrected chi connectivity index (χ2v) is 7.21. The van der Waals surface area contributed by atoms with Gasteiger partial charge in [0.15, 0.2) is 5.96 Å². The fourth-order valence-electron chi connectivity index (χ4n) is 3.44. The van der Waals surface area contributed by atoms with Crippen LogP contribution in [0.3, 0.4) is 0 Å². The predicted molar refractivity (Wildman–Crippen MR) is 101 cm³/mol. The van der Waals surface area contributed by atoms with Crippen LogP contribution in [0.1, 0.15) is 33.6 Å². The number of morpholine rings is 1. The summed E-state index contributed by atoms with van der Waals surface area (Å²) in [6.07, 6.45) is 2.72. The molecule has 6 nitrogen and oxygen atoms in total. The first-order valence-corrected chi connectivity index (χ1v) is 9.75. The molecule has 0 radical (unpaired) electrons. The highest BCUT2D eigenvalue weighted by atomic mass is 16.5. The van der Waals surface area contributed by atoms with Crippen molar-refractivity contribution in [2.24, 2.45) is 10.9 Å². The summed E-state index contributed by atoms with van der Waals surface area (Å²) in [5.41, 5.74) is 0. The molecule has 0 spiro atoms. The molecule has 0 aromatic carbocycles. The number of aliphatic imine (C=N–C) groups is 1. The van der Waals surface area contributed by atoms with E-state index in [1.54, 1.807) is 0 Å². The molecular formula is C18H37N5O. The molecule has 0 aromatic rings. The largest absolute Gasteiger partial charge is 0.379 e. The Hall–Kier alpha value is -0.850. The Morgan fingerprint density at radius 2 is 1.79 bits per heavy atom. The second-order valence-electron chi connectivity index (χ2n) is 7.21. The molecule has 2 rings (SSSR count). The summed E-state index contributed by atoms with van der Waals surface area (Å²) in [4.78, 5) is 9.85. The van der Waals surface area contributed by atoms with Crippen molar-refractivity contribution in [3.63, 3.8) is 0 Å². The molecule has 24 heavy (non-hydrogen) atoms. The zero-order chi connectivity index (χ0) is 17.2. The third-order valence-electron chi connectivity index (χ3n) is 4.91. The molecule has 2 unspecified atom stereocenters. The lowest BCUT2D eigenvalue weighted by Crippen LogP contribution is -2.49. The smallest absolute Gasteiger partial charge is 0.191 e. The number of likely N-dealkylation sites (tertiary alicyclic amines) is 1. The molecule has 2 heterocycles. The van der Waals surface area contributed by atoms with Crippen LogP contribution in [0.2, 0.25) is 0 Å². The van der Waals surface area contributed by atoms with Gasteiger partial charge in [0.2, 0.25) is 0 Å². The maximum Gasteiger partial charge on any atom is 0.191 e. The number of nitrogens with one attached hydrogen (secondary N) is 2. The van der Waals surface area contributed by atoms with Crippen LogP contribution in [0.15, 0.2) is 4.99 Å². The van der Waals surface area contributed by atoms with Crippen molar-refractivity contribution in [2.45, 2.75) is 39.7 Å². The molecule has 2 fully saturated rings. The highest BCUT2D eigenvalue weighted by molar-refractivity contribution is 5.79. The molecule has 140 valence electrons. The van der Waals surface area contributed by atoms with Crippen LogP contribution < -0.4 is 10.6 Å². The average Bonchev–Trinajstić information content (AvgIpc) is 3.10. The van der Waals surface area contributed by atoms with Gasteiger partial charge in [-0.15, -0.1) is 0 Å². The maximum absolute atomic E-state index is 5.43. The number of guanidine groups is 1. The fourth-order valence-corrected chi connectivity index (χ4v) is 3.44. The van der Waals surface area contributed by atoms with Crippen LogP contribution in [0.25, 0.3) is 0 Å². The lowest BCUT2D eigenvalue weighted by Gasteiger charge is -2.32. The van der Waals surface area contributed by atoms with Crippen LogP contribution in [0.4, 0.5) is 0 Å². The van der Waals surface area contributed by atoms with Crippen LogP contribution in [0, 0.1) is 5.92 Å². The standard InChI is InChI=1S/C18H37N5O/c1-4-19-18(20-13-16(2)15-22-7-5-6-8-22)21-14-17(3)23-9-11-24-12-10-23/h16-17H,4-15H2,1-3H3,(H2,19,20,21). The van der Waals surface area contributed by atoms with Crippen molar-refractivity contribution in [1.29, 1.82) is 0 Å². The SMILES string of the molecule is CCNC(=NCC(C)CN1CCCC1)NCC(C)N1CCOCC1. The Bertz CT molecular complexity index is 364. The summed E-state index contributed by atoms with van der Waals surface area (Å²) in [5.74, 6) is 1.56. The number of hydrogen-bond donors (Lipinski definition) is 2. The highest BCUT2D eigenvalue weighted by Gasteiger charge is 2.17. The van der Waals surface area contributed by atoms with Crippen molar-refractivity contribution in [3.05, 3.63) is 0 Å². The Morgan fingerprint density at radius 1 is 1.08 bits per heavy atom. The number of nitrogens with zero attached hydrogens (tertiary/aromatic N) is 3. The van der Waals surface area contributed by atoms with Gasteiger partial charge in [0.1, 0.15) is 0 Å². The van der Waals surface area contributed by atoms with Crippen molar-refractivity contribution >= 4 is 5.96 Å². The summed E-state index contributed by atoms with van der Waals surface area (Å²) in [5, 5.41) is 6.88. The van der Waals surface area contributed by atoms with Gasteiger partial charge in [0.25, 0.3) is 0 Å². The van der Waals surface area contributed by atoms with Crippen molar-refractivity contribution < 1.29 is 4.74 Å². The topological polar surface area (TPSA) is 52.1 Å². The van der Waals surface area contributed by atoms with E-state index in [0.717, 1.165) is 51.9 Å². The molecule has 0 amide bonds. The van der Waals surface area contributed by atoms with Gasteiger partial charge in [-0.3, -0.25) is 9.89 Å². The zero-order valence-electron chi connectivity index (χ0n) is 15.9. The van der Waals surface area contributed by atoms with Crippen LogP contribution in [-0.2, 0) is 4.74 Å². The number of ether oxygens (including phenoxy) is 1. The molecule has 0 aliphatic carbocycles. The van der Waals surface area contributed by atoms with Gasteiger partial charge in [-0.1, -0.05) is 6.92 Å². The molecule has 0 saturated carbocycles.